The molecule has 0 aliphatic rings. The lowest BCUT2D eigenvalue weighted by molar-refractivity contribution is 0.768. The summed E-state index contributed by atoms with van der Waals surface area (Å²) in [6.45, 7) is 2.01. The van der Waals surface area contributed by atoms with Crippen LogP contribution < -0.4 is 0 Å². The van der Waals surface area contributed by atoms with Gasteiger partial charge in [-0.1, -0.05) is 24.3 Å². The van der Waals surface area contributed by atoms with E-state index in [2.05, 4.69) is 40.4 Å². The zero-order chi connectivity index (χ0) is 15.8. The third-order valence-corrected chi connectivity index (χ3v) is 3.93. The average Bonchev–Trinajstić information content (AvgIpc) is 3.00. The van der Waals surface area contributed by atoms with E-state index in [-0.39, 0.29) is 0 Å². The maximum absolute atomic E-state index is 4.77. The first-order valence-electron chi connectivity index (χ1n) is 7.52. The Balaban J connectivity index is 1.94. The summed E-state index contributed by atoms with van der Waals surface area (Å²) in [7, 11) is 1.92. The Morgan fingerprint density at radius 2 is 1.91 bits per heavy atom. The summed E-state index contributed by atoms with van der Waals surface area (Å²) in [5, 5.41) is 5.41. The molecular weight excluding hydrogens is 284 g/mol. The second kappa shape index (κ2) is 5.32. The fourth-order valence-electron chi connectivity index (χ4n) is 2.78. The van der Waals surface area contributed by atoms with Crippen LogP contribution in [0.3, 0.4) is 0 Å². The summed E-state index contributed by atoms with van der Waals surface area (Å²) in [5.74, 6) is 0. The first-order chi connectivity index (χ1) is 11.2. The Morgan fingerprint density at radius 3 is 2.74 bits per heavy atom. The molecule has 4 nitrogen and oxygen atoms in total. The van der Waals surface area contributed by atoms with Crippen LogP contribution in [0.1, 0.15) is 5.69 Å². The third-order valence-electron chi connectivity index (χ3n) is 3.93. The summed E-state index contributed by atoms with van der Waals surface area (Å²) in [5.41, 5.74) is 6.15. The van der Waals surface area contributed by atoms with Gasteiger partial charge in [-0.15, -0.1) is 0 Å². The molecule has 0 aliphatic carbocycles. The molecule has 4 heteroatoms. The number of aromatic nitrogens is 4. The molecule has 4 aromatic rings. The first kappa shape index (κ1) is 13.6. The van der Waals surface area contributed by atoms with E-state index in [1.54, 1.807) is 4.68 Å². The van der Waals surface area contributed by atoms with Crippen molar-refractivity contribution in [2.45, 2.75) is 6.92 Å². The lowest BCUT2D eigenvalue weighted by Crippen LogP contribution is -1.92. The van der Waals surface area contributed by atoms with Gasteiger partial charge in [-0.3, -0.25) is 14.6 Å². The molecule has 1 aromatic carbocycles. The lowest BCUT2D eigenvalue weighted by Gasteiger charge is -2.09. The van der Waals surface area contributed by atoms with Crippen LogP contribution >= 0.6 is 0 Å². The summed E-state index contributed by atoms with van der Waals surface area (Å²) in [6, 6.07) is 14.4. The van der Waals surface area contributed by atoms with Gasteiger partial charge in [0, 0.05) is 47.2 Å². The SMILES string of the molecule is Cc1ccc(-c2cnn(C)c2)c(-c2ccc3cccnc3c2)n1. The van der Waals surface area contributed by atoms with Crippen molar-refractivity contribution < 1.29 is 0 Å². The maximum Gasteiger partial charge on any atom is 0.0785 e. The zero-order valence-corrected chi connectivity index (χ0v) is 13.1. The Bertz CT molecular complexity index is 1000. The monoisotopic (exact) mass is 300 g/mol. The van der Waals surface area contributed by atoms with Crippen LogP contribution in [0.25, 0.3) is 33.3 Å². The van der Waals surface area contributed by atoms with Crippen LogP contribution in [-0.4, -0.2) is 19.7 Å². The molecule has 0 radical (unpaired) electrons. The van der Waals surface area contributed by atoms with Crippen molar-refractivity contribution in [3.63, 3.8) is 0 Å². The molecule has 0 spiro atoms. The molecule has 0 bridgehead atoms. The van der Waals surface area contributed by atoms with Crippen molar-refractivity contribution in [1.29, 1.82) is 0 Å². The van der Waals surface area contributed by atoms with Gasteiger partial charge in [0.1, 0.15) is 0 Å². The molecule has 0 N–H and O–H groups in total. The minimum absolute atomic E-state index is 0.963. The van der Waals surface area contributed by atoms with E-state index in [4.69, 9.17) is 4.98 Å². The number of hydrogen-bond donors (Lipinski definition) is 0. The number of aryl methyl sites for hydroxylation is 2. The van der Waals surface area contributed by atoms with Crippen molar-refractivity contribution in [3.8, 4) is 22.4 Å². The van der Waals surface area contributed by atoms with Gasteiger partial charge in [0.15, 0.2) is 0 Å². The summed E-state index contributed by atoms with van der Waals surface area (Å²) in [4.78, 5) is 9.22. The van der Waals surface area contributed by atoms with Gasteiger partial charge in [-0.2, -0.15) is 5.10 Å². The van der Waals surface area contributed by atoms with E-state index in [0.29, 0.717) is 0 Å². The number of pyridine rings is 2. The predicted molar refractivity (Wildman–Crippen MR) is 91.9 cm³/mol. The number of fused-ring (bicyclic) bond motifs is 1. The van der Waals surface area contributed by atoms with E-state index in [0.717, 1.165) is 39.0 Å². The Labute approximate surface area is 134 Å². The topological polar surface area (TPSA) is 43.6 Å². The van der Waals surface area contributed by atoms with E-state index in [1.165, 1.54) is 0 Å². The molecule has 0 amide bonds. The van der Waals surface area contributed by atoms with Crippen molar-refractivity contribution in [3.05, 3.63) is 66.7 Å². The summed E-state index contributed by atoms with van der Waals surface area (Å²) < 4.78 is 1.81. The van der Waals surface area contributed by atoms with Crippen molar-refractivity contribution in [2.24, 2.45) is 7.05 Å². The Morgan fingerprint density at radius 1 is 1.00 bits per heavy atom. The van der Waals surface area contributed by atoms with Gasteiger partial charge in [0.05, 0.1) is 17.4 Å². The van der Waals surface area contributed by atoms with Crippen molar-refractivity contribution >= 4 is 10.9 Å². The fraction of sp³-hybridized carbons (Fsp3) is 0.105. The Hall–Kier alpha value is -3.01. The average molecular weight is 300 g/mol. The molecule has 112 valence electrons. The van der Waals surface area contributed by atoms with E-state index < -0.39 is 0 Å². The van der Waals surface area contributed by atoms with Crippen LogP contribution in [0.2, 0.25) is 0 Å². The molecule has 0 saturated heterocycles. The van der Waals surface area contributed by atoms with Gasteiger partial charge < -0.3 is 0 Å². The number of rotatable bonds is 2. The predicted octanol–water partition coefficient (Wildman–Crippen LogP) is 4.01. The molecule has 0 atom stereocenters. The van der Waals surface area contributed by atoms with Crippen LogP contribution in [0, 0.1) is 6.92 Å². The molecule has 0 saturated carbocycles. The fourth-order valence-corrected chi connectivity index (χ4v) is 2.78. The summed E-state index contributed by atoms with van der Waals surface area (Å²) in [6.07, 6.45) is 5.70. The van der Waals surface area contributed by atoms with E-state index >= 15 is 0 Å². The largest absolute Gasteiger partial charge is 0.275 e. The standard InChI is InChI=1S/C19H16N4/c1-13-5-8-17(16-11-21-23(2)12-16)19(22-13)15-7-6-14-4-3-9-20-18(14)10-15/h3-12H,1-2H3. The van der Waals surface area contributed by atoms with E-state index in [1.807, 2.05) is 44.7 Å². The van der Waals surface area contributed by atoms with E-state index in [9.17, 15) is 0 Å². The van der Waals surface area contributed by atoms with Gasteiger partial charge in [-0.25, -0.2) is 0 Å². The second-order valence-corrected chi connectivity index (χ2v) is 5.66. The van der Waals surface area contributed by atoms with Crippen LogP contribution in [0.15, 0.2) is 61.1 Å². The minimum Gasteiger partial charge on any atom is -0.275 e. The van der Waals surface area contributed by atoms with Crippen LogP contribution in [0.5, 0.6) is 0 Å². The third kappa shape index (κ3) is 2.48. The molecule has 0 aliphatic heterocycles. The van der Waals surface area contributed by atoms with Crippen molar-refractivity contribution in [2.75, 3.05) is 0 Å². The van der Waals surface area contributed by atoms with Gasteiger partial charge >= 0.3 is 0 Å². The number of hydrogen-bond acceptors (Lipinski definition) is 3. The highest BCUT2D eigenvalue weighted by Gasteiger charge is 2.11. The Kier molecular flexibility index (Phi) is 3.15. The normalized spacial score (nSPS) is 11.0. The molecule has 3 aromatic heterocycles. The molecule has 0 fully saturated rings. The quantitative estimate of drug-likeness (QED) is 0.562. The lowest BCUT2D eigenvalue weighted by atomic mass is 10.00. The van der Waals surface area contributed by atoms with Gasteiger partial charge in [-0.05, 0) is 25.1 Å². The smallest absolute Gasteiger partial charge is 0.0785 e. The van der Waals surface area contributed by atoms with Crippen molar-refractivity contribution in [1.82, 2.24) is 19.7 Å². The number of nitrogens with zero attached hydrogens (tertiary/aromatic N) is 4. The van der Waals surface area contributed by atoms with Crippen LogP contribution in [0.4, 0.5) is 0 Å². The van der Waals surface area contributed by atoms with Crippen LogP contribution in [-0.2, 0) is 7.05 Å². The molecule has 0 unspecified atom stereocenters. The molecule has 3 heterocycles. The van der Waals surface area contributed by atoms with Gasteiger partial charge in [0.2, 0.25) is 0 Å². The summed E-state index contributed by atoms with van der Waals surface area (Å²) >= 11 is 0. The number of benzene rings is 1. The zero-order valence-electron chi connectivity index (χ0n) is 13.1. The highest BCUT2D eigenvalue weighted by molar-refractivity contribution is 5.87. The molecule has 23 heavy (non-hydrogen) atoms. The highest BCUT2D eigenvalue weighted by atomic mass is 15.2. The maximum atomic E-state index is 4.77. The molecule has 4 rings (SSSR count). The minimum atomic E-state index is 0.963. The van der Waals surface area contributed by atoms with Gasteiger partial charge in [0.25, 0.3) is 0 Å². The second-order valence-electron chi connectivity index (χ2n) is 5.66. The first-order valence-corrected chi connectivity index (χ1v) is 7.52. The highest BCUT2D eigenvalue weighted by Crippen LogP contribution is 2.31. The molecular formula is C19H16N4.